The number of nitrogens with zero attached hydrogens (tertiary/aromatic N) is 1. The SMILES string of the molecule is CCNC1CCOCC1CN1CCCCC1CO. The summed E-state index contributed by atoms with van der Waals surface area (Å²) in [6.07, 6.45) is 4.81. The summed E-state index contributed by atoms with van der Waals surface area (Å²) in [5.74, 6) is 0.575. The quantitative estimate of drug-likeness (QED) is 0.765. The predicted molar refractivity (Wildman–Crippen MR) is 72.7 cm³/mol. The van der Waals surface area contributed by atoms with Crippen molar-refractivity contribution in [2.24, 2.45) is 5.92 Å². The second kappa shape index (κ2) is 7.43. The number of piperidine rings is 1. The summed E-state index contributed by atoms with van der Waals surface area (Å²) >= 11 is 0. The van der Waals surface area contributed by atoms with Crippen LogP contribution in [0.3, 0.4) is 0 Å². The molecule has 2 aliphatic rings. The van der Waals surface area contributed by atoms with Crippen LogP contribution >= 0.6 is 0 Å². The zero-order chi connectivity index (χ0) is 12.8. The van der Waals surface area contributed by atoms with Crippen LogP contribution in [0.2, 0.25) is 0 Å². The summed E-state index contributed by atoms with van der Waals surface area (Å²) in [7, 11) is 0. The van der Waals surface area contributed by atoms with Gasteiger partial charge in [0.05, 0.1) is 13.2 Å². The molecule has 2 fully saturated rings. The molecule has 2 N–H and O–H groups in total. The molecule has 2 saturated heterocycles. The van der Waals surface area contributed by atoms with Gasteiger partial charge in [-0.1, -0.05) is 13.3 Å². The fourth-order valence-corrected chi connectivity index (χ4v) is 3.32. The summed E-state index contributed by atoms with van der Waals surface area (Å²) in [5.41, 5.74) is 0. The number of rotatable bonds is 5. The maximum atomic E-state index is 9.47. The summed E-state index contributed by atoms with van der Waals surface area (Å²) in [5, 5.41) is 13.1. The van der Waals surface area contributed by atoms with Crippen LogP contribution in [0, 0.1) is 5.92 Å². The highest BCUT2D eigenvalue weighted by molar-refractivity contribution is 4.85. The van der Waals surface area contributed by atoms with Crippen molar-refractivity contribution in [3.63, 3.8) is 0 Å². The number of likely N-dealkylation sites (tertiary alicyclic amines) is 1. The van der Waals surface area contributed by atoms with Crippen LogP contribution in [0.1, 0.15) is 32.6 Å². The standard InChI is InChI=1S/C14H28N2O2/c1-2-15-14-6-8-18-11-12(14)9-16-7-4-3-5-13(16)10-17/h12-15,17H,2-11H2,1H3. The van der Waals surface area contributed by atoms with E-state index in [4.69, 9.17) is 4.74 Å². The Labute approximate surface area is 111 Å². The van der Waals surface area contributed by atoms with Gasteiger partial charge in [0.15, 0.2) is 0 Å². The molecule has 4 heteroatoms. The Morgan fingerprint density at radius 2 is 2.22 bits per heavy atom. The largest absolute Gasteiger partial charge is 0.395 e. The number of hydrogen-bond acceptors (Lipinski definition) is 4. The summed E-state index contributed by atoms with van der Waals surface area (Å²) in [6.45, 7) is 7.47. The van der Waals surface area contributed by atoms with Crippen molar-refractivity contribution in [3.05, 3.63) is 0 Å². The minimum absolute atomic E-state index is 0.305. The topological polar surface area (TPSA) is 44.7 Å². The van der Waals surface area contributed by atoms with Crippen molar-refractivity contribution in [3.8, 4) is 0 Å². The molecule has 0 radical (unpaired) electrons. The molecule has 0 aromatic carbocycles. The zero-order valence-electron chi connectivity index (χ0n) is 11.6. The van der Waals surface area contributed by atoms with E-state index >= 15 is 0 Å². The Hall–Kier alpha value is -0.160. The van der Waals surface area contributed by atoms with Crippen LogP contribution in [0.5, 0.6) is 0 Å². The second-order valence-electron chi connectivity index (χ2n) is 5.61. The second-order valence-corrected chi connectivity index (χ2v) is 5.61. The maximum Gasteiger partial charge on any atom is 0.0586 e. The molecule has 18 heavy (non-hydrogen) atoms. The first-order valence-corrected chi connectivity index (χ1v) is 7.51. The summed E-state index contributed by atoms with van der Waals surface area (Å²) < 4.78 is 5.64. The van der Waals surface area contributed by atoms with Crippen molar-refractivity contribution in [2.45, 2.75) is 44.7 Å². The van der Waals surface area contributed by atoms with E-state index in [2.05, 4.69) is 17.1 Å². The van der Waals surface area contributed by atoms with Crippen LogP contribution in [0.4, 0.5) is 0 Å². The molecular weight excluding hydrogens is 228 g/mol. The van der Waals surface area contributed by atoms with Gasteiger partial charge in [0.2, 0.25) is 0 Å². The Kier molecular flexibility index (Phi) is 5.89. The number of aliphatic hydroxyl groups excluding tert-OH is 1. The normalized spacial score (nSPS) is 34.7. The fourth-order valence-electron chi connectivity index (χ4n) is 3.32. The van der Waals surface area contributed by atoms with Crippen molar-refractivity contribution >= 4 is 0 Å². The van der Waals surface area contributed by atoms with Gasteiger partial charge in [0.1, 0.15) is 0 Å². The molecule has 2 aliphatic heterocycles. The molecule has 2 heterocycles. The first kappa shape index (κ1) is 14.3. The number of hydrogen-bond donors (Lipinski definition) is 2. The average Bonchev–Trinajstić information content (AvgIpc) is 2.42. The highest BCUT2D eigenvalue weighted by Gasteiger charge is 2.30. The molecule has 0 aromatic rings. The molecule has 106 valence electrons. The highest BCUT2D eigenvalue weighted by atomic mass is 16.5. The maximum absolute atomic E-state index is 9.47. The van der Waals surface area contributed by atoms with Gasteiger partial charge in [-0.2, -0.15) is 0 Å². The number of aliphatic hydroxyl groups is 1. The van der Waals surface area contributed by atoms with Crippen molar-refractivity contribution < 1.29 is 9.84 Å². The van der Waals surface area contributed by atoms with Crippen molar-refractivity contribution in [1.82, 2.24) is 10.2 Å². The van der Waals surface area contributed by atoms with Crippen molar-refractivity contribution in [2.75, 3.05) is 39.5 Å². The van der Waals surface area contributed by atoms with Gasteiger partial charge in [-0.15, -0.1) is 0 Å². The van der Waals surface area contributed by atoms with Gasteiger partial charge in [-0.05, 0) is 32.4 Å². The monoisotopic (exact) mass is 256 g/mol. The van der Waals surface area contributed by atoms with Crippen LogP contribution in [-0.4, -0.2) is 61.5 Å². The third kappa shape index (κ3) is 3.67. The van der Waals surface area contributed by atoms with E-state index in [-0.39, 0.29) is 0 Å². The van der Waals surface area contributed by atoms with E-state index in [0.29, 0.717) is 24.6 Å². The molecule has 0 bridgehead atoms. The Balaban J connectivity index is 1.88. The molecule has 2 rings (SSSR count). The van der Waals surface area contributed by atoms with E-state index in [0.717, 1.165) is 45.7 Å². The molecule has 0 aliphatic carbocycles. The van der Waals surface area contributed by atoms with E-state index in [9.17, 15) is 5.11 Å². The molecule has 0 spiro atoms. The van der Waals surface area contributed by atoms with Crippen LogP contribution in [0.25, 0.3) is 0 Å². The lowest BCUT2D eigenvalue weighted by Gasteiger charge is -2.40. The highest BCUT2D eigenvalue weighted by Crippen LogP contribution is 2.22. The smallest absolute Gasteiger partial charge is 0.0586 e. The molecule has 0 aromatic heterocycles. The molecule has 4 nitrogen and oxygen atoms in total. The van der Waals surface area contributed by atoms with Gasteiger partial charge in [0, 0.05) is 31.2 Å². The van der Waals surface area contributed by atoms with Crippen LogP contribution in [-0.2, 0) is 4.74 Å². The molecule has 3 atom stereocenters. The summed E-state index contributed by atoms with van der Waals surface area (Å²) in [6, 6.07) is 0.966. The summed E-state index contributed by atoms with van der Waals surface area (Å²) in [4.78, 5) is 2.48. The van der Waals surface area contributed by atoms with Gasteiger partial charge in [0.25, 0.3) is 0 Å². The third-order valence-corrected chi connectivity index (χ3v) is 4.37. The first-order valence-electron chi connectivity index (χ1n) is 7.51. The zero-order valence-corrected chi connectivity index (χ0v) is 11.6. The average molecular weight is 256 g/mol. The van der Waals surface area contributed by atoms with Gasteiger partial charge < -0.3 is 15.2 Å². The lowest BCUT2D eigenvalue weighted by molar-refractivity contribution is -0.00217. The molecular formula is C14H28N2O2. The molecule has 0 saturated carbocycles. The predicted octanol–water partition coefficient (Wildman–Crippen LogP) is 0.848. The van der Waals surface area contributed by atoms with Gasteiger partial charge in [-0.3, -0.25) is 4.90 Å². The minimum atomic E-state index is 0.305. The van der Waals surface area contributed by atoms with E-state index in [1.54, 1.807) is 0 Å². The van der Waals surface area contributed by atoms with E-state index < -0.39 is 0 Å². The lowest BCUT2D eigenvalue weighted by Crippen LogP contribution is -2.51. The molecule has 3 unspecified atom stereocenters. The fraction of sp³-hybridized carbons (Fsp3) is 1.00. The van der Waals surface area contributed by atoms with Gasteiger partial charge >= 0.3 is 0 Å². The van der Waals surface area contributed by atoms with Crippen LogP contribution in [0.15, 0.2) is 0 Å². The number of nitrogens with one attached hydrogen (secondary N) is 1. The molecule has 0 amide bonds. The minimum Gasteiger partial charge on any atom is -0.395 e. The first-order chi connectivity index (χ1) is 8.85. The van der Waals surface area contributed by atoms with E-state index in [1.807, 2.05) is 0 Å². The Morgan fingerprint density at radius 1 is 1.33 bits per heavy atom. The van der Waals surface area contributed by atoms with Crippen LogP contribution < -0.4 is 5.32 Å². The van der Waals surface area contributed by atoms with Gasteiger partial charge in [-0.25, -0.2) is 0 Å². The van der Waals surface area contributed by atoms with E-state index in [1.165, 1.54) is 12.8 Å². The Morgan fingerprint density at radius 3 is 3.00 bits per heavy atom. The Bertz CT molecular complexity index is 236. The lowest BCUT2D eigenvalue weighted by atomic mass is 9.93. The van der Waals surface area contributed by atoms with Crippen molar-refractivity contribution in [1.29, 1.82) is 0 Å². The number of ether oxygens (including phenoxy) is 1. The third-order valence-electron chi connectivity index (χ3n) is 4.37.